The van der Waals surface area contributed by atoms with Gasteiger partial charge in [-0.2, -0.15) is 0 Å². The second-order valence-corrected chi connectivity index (χ2v) is 4.85. The lowest BCUT2D eigenvalue weighted by Crippen LogP contribution is -2.41. The maximum absolute atomic E-state index is 13.4. The topological polar surface area (TPSA) is 55.5 Å². The summed E-state index contributed by atoms with van der Waals surface area (Å²) < 4.78 is 31.5. The van der Waals surface area contributed by atoms with Gasteiger partial charge in [-0.3, -0.25) is 0 Å². The third-order valence-electron chi connectivity index (χ3n) is 3.33. The lowest BCUT2D eigenvalue weighted by Gasteiger charge is -2.27. The molecule has 1 unspecified atom stereocenters. The second-order valence-electron chi connectivity index (χ2n) is 4.85. The molecule has 0 radical (unpaired) electrons. The summed E-state index contributed by atoms with van der Waals surface area (Å²) in [6.07, 6.45) is 0.296. The van der Waals surface area contributed by atoms with E-state index in [-0.39, 0.29) is 19.0 Å². The molecule has 0 saturated heterocycles. The van der Waals surface area contributed by atoms with E-state index in [0.717, 1.165) is 17.7 Å². The molecule has 2 aromatic rings. The minimum absolute atomic E-state index is 0.0373. The van der Waals surface area contributed by atoms with Gasteiger partial charge in [0.1, 0.15) is 5.82 Å². The molecule has 0 bridgehead atoms. The smallest absolute Gasteiger partial charge is 0.167 e. The van der Waals surface area contributed by atoms with Crippen LogP contribution in [0.25, 0.3) is 0 Å². The van der Waals surface area contributed by atoms with Crippen LogP contribution in [0, 0.1) is 11.6 Å². The molecule has 0 saturated carbocycles. The Bertz CT molecular complexity index is 592. The summed E-state index contributed by atoms with van der Waals surface area (Å²) in [7, 11) is 0. The SMILES string of the molecule is NC(CO)(CCOc1ccc(F)cc1F)c1ccccc1. The zero-order chi connectivity index (χ0) is 15.3. The van der Waals surface area contributed by atoms with Crippen LogP contribution in [0.1, 0.15) is 12.0 Å². The Balaban J connectivity index is 2.01. The third kappa shape index (κ3) is 3.77. The molecule has 1 atom stereocenters. The highest BCUT2D eigenvalue weighted by Crippen LogP contribution is 2.23. The Kier molecular flexibility index (Phi) is 4.88. The van der Waals surface area contributed by atoms with Crippen LogP contribution < -0.4 is 10.5 Å². The molecule has 0 spiro atoms. The molecule has 112 valence electrons. The summed E-state index contributed by atoms with van der Waals surface area (Å²) >= 11 is 0. The molecule has 3 N–H and O–H groups in total. The van der Waals surface area contributed by atoms with E-state index < -0.39 is 17.2 Å². The molecule has 0 aromatic heterocycles. The van der Waals surface area contributed by atoms with Crippen molar-refractivity contribution >= 4 is 0 Å². The maximum Gasteiger partial charge on any atom is 0.167 e. The van der Waals surface area contributed by atoms with E-state index in [9.17, 15) is 13.9 Å². The van der Waals surface area contributed by atoms with Crippen molar-refractivity contribution in [2.45, 2.75) is 12.0 Å². The zero-order valence-electron chi connectivity index (χ0n) is 11.4. The monoisotopic (exact) mass is 293 g/mol. The van der Waals surface area contributed by atoms with Crippen LogP contribution in [0.4, 0.5) is 8.78 Å². The Morgan fingerprint density at radius 3 is 2.43 bits per heavy atom. The summed E-state index contributed by atoms with van der Waals surface area (Å²) in [6.45, 7) is -0.152. The molecular weight excluding hydrogens is 276 g/mol. The van der Waals surface area contributed by atoms with Gasteiger partial charge in [0.25, 0.3) is 0 Å². The van der Waals surface area contributed by atoms with Gasteiger partial charge in [-0.1, -0.05) is 30.3 Å². The van der Waals surface area contributed by atoms with Crippen molar-refractivity contribution in [1.82, 2.24) is 0 Å². The molecule has 0 fully saturated rings. The minimum Gasteiger partial charge on any atom is -0.490 e. The van der Waals surface area contributed by atoms with E-state index in [1.807, 2.05) is 30.3 Å². The molecule has 2 aromatic carbocycles. The zero-order valence-corrected chi connectivity index (χ0v) is 11.4. The maximum atomic E-state index is 13.4. The molecule has 0 aliphatic carbocycles. The summed E-state index contributed by atoms with van der Waals surface area (Å²) in [6, 6.07) is 12.2. The van der Waals surface area contributed by atoms with Crippen molar-refractivity contribution in [2.24, 2.45) is 5.73 Å². The second kappa shape index (κ2) is 6.65. The number of aliphatic hydroxyl groups is 1. The number of ether oxygens (including phenoxy) is 1. The molecule has 0 aliphatic rings. The first kappa shape index (κ1) is 15.4. The quantitative estimate of drug-likeness (QED) is 0.860. The van der Waals surface area contributed by atoms with Gasteiger partial charge in [0, 0.05) is 12.5 Å². The normalized spacial score (nSPS) is 13.7. The fourth-order valence-corrected chi connectivity index (χ4v) is 2.02. The largest absolute Gasteiger partial charge is 0.490 e. The van der Waals surface area contributed by atoms with Gasteiger partial charge in [-0.15, -0.1) is 0 Å². The highest BCUT2D eigenvalue weighted by atomic mass is 19.1. The van der Waals surface area contributed by atoms with Gasteiger partial charge in [0.2, 0.25) is 0 Å². The van der Waals surface area contributed by atoms with Crippen LogP contribution in [0.15, 0.2) is 48.5 Å². The van der Waals surface area contributed by atoms with Crippen molar-refractivity contribution in [3.05, 3.63) is 65.7 Å². The average molecular weight is 293 g/mol. The van der Waals surface area contributed by atoms with Crippen LogP contribution in [0.2, 0.25) is 0 Å². The van der Waals surface area contributed by atoms with Crippen molar-refractivity contribution in [3.8, 4) is 5.75 Å². The van der Waals surface area contributed by atoms with E-state index in [1.165, 1.54) is 6.07 Å². The van der Waals surface area contributed by atoms with Gasteiger partial charge < -0.3 is 15.6 Å². The first-order valence-electron chi connectivity index (χ1n) is 6.58. The number of hydrogen-bond acceptors (Lipinski definition) is 3. The Morgan fingerprint density at radius 1 is 1.10 bits per heavy atom. The standard InChI is InChI=1S/C16H17F2NO2/c17-13-6-7-15(14(18)10-13)21-9-8-16(19,11-20)12-4-2-1-3-5-12/h1-7,10,20H,8-9,11,19H2. The van der Waals surface area contributed by atoms with Crippen molar-refractivity contribution in [1.29, 1.82) is 0 Å². The summed E-state index contributed by atoms with van der Waals surface area (Å²) in [5.74, 6) is -1.46. The molecule has 3 nitrogen and oxygen atoms in total. The van der Waals surface area contributed by atoms with E-state index in [1.54, 1.807) is 0 Å². The average Bonchev–Trinajstić information content (AvgIpc) is 2.50. The van der Waals surface area contributed by atoms with Crippen LogP contribution in [-0.2, 0) is 5.54 Å². The van der Waals surface area contributed by atoms with Gasteiger partial charge in [-0.05, 0) is 17.7 Å². The minimum atomic E-state index is -0.961. The van der Waals surface area contributed by atoms with Gasteiger partial charge >= 0.3 is 0 Å². The number of rotatable bonds is 6. The van der Waals surface area contributed by atoms with E-state index in [0.29, 0.717) is 6.42 Å². The van der Waals surface area contributed by atoms with E-state index in [2.05, 4.69) is 0 Å². The Hall–Kier alpha value is -1.98. The fraction of sp³-hybridized carbons (Fsp3) is 0.250. The van der Waals surface area contributed by atoms with Gasteiger partial charge in [-0.25, -0.2) is 8.78 Å². The summed E-state index contributed by atoms with van der Waals surface area (Å²) in [4.78, 5) is 0. The number of halogens is 2. The van der Waals surface area contributed by atoms with Crippen LogP contribution in [0.3, 0.4) is 0 Å². The molecule has 5 heteroatoms. The Labute approximate surface area is 122 Å². The van der Waals surface area contributed by atoms with Crippen molar-refractivity contribution < 1.29 is 18.6 Å². The summed E-state index contributed by atoms with van der Waals surface area (Å²) in [5, 5.41) is 9.52. The molecule has 2 rings (SSSR count). The van der Waals surface area contributed by atoms with Crippen molar-refractivity contribution in [3.63, 3.8) is 0 Å². The van der Waals surface area contributed by atoms with E-state index >= 15 is 0 Å². The summed E-state index contributed by atoms with van der Waals surface area (Å²) in [5.41, 5.74) is 5.97. The van der Waals surface area contributed by atoms with Crippen LogP contribution in [-0.4, -0.2) is 18.3 Å². The number of hydrogen-bond donors (Lipinski definition) is 2. The molecule has 21 heavy (non-hydrogen) atoms. The van der Waals surface area contributed by atoms with Crippen molar-refractivity contribution in [2.75, 3.05) is 13.2 Å². The molecule has 0 heterocycles. The third-order valence-corrected chi connectivity index (χ3v) is 3.33. The number of aliphatic hydroxyl groups excluding tert-OH is 1. The van der Waals surface area contributed by atoms with E-state index in [4.69, 9.17) is 10.5 Å². The highest BCUT2D eigenvalue weighted by Gasteiger charge is 2.26. The first-order chi connectivity index (χ1) is 10.0. The molecular formula is C16H17F2NO2. The predicted molar refractivity (Wildman–Crippen MR) is 75.9 cm³/mol. The lowest BCUT2D eigenvalue weighted by atomic mass is 9.89. The molecule has 0 amide bonds. The fourth-order valence-electron chi connectivity index (χ4n) is 2.02. The van der Waals surface area contributed by atoms with Crippen LogP contribution >= 0.6 is 0 Å². The van der Waals surface area contributed by atoms with Gasteiger partial charge in [0.15, 0.2) is 11.6 Å². The first-order valence-corrected chi connectivity index (χ1v) is 6.58. The Morgan fingerprint density at radius 2 is 1.81 bits per heavy atom. The lowest BCUT2D eigenvalue weighted by molar-refractivity contribution is 0.161. The molecule has 0 aliphatic heterocycles. The van der Waals surface area contributed by atoms with Crippen LogP contribution in [0.5, 0.6) is 5.75 Å². The predicted octanol–water partition coefficient (Wildman–Crippen LogP) is 2.58. The number of benzene rings is 2. The number of nitrogens with two attached hydrogens (primary N) is 1. The highest BCUT2D eigenvalue weighted by molar-refractivity contribution is 5.26. The van der Waals surface area contributed by atoms with Gasteiger partial charge in [0.05, 0.1) is 18.8 Å².